The van der Waals surface area contributed by atoms with E-state index in [0.717, 1.165) is 11.1 Å². The maximum absolute atomic E-state index is 14.8. The van der Waals surface area contributed by atoms with E-state index in [-0.39, 0.29) is 91.1 Å². The quantitative estimate of drug-likeness (QED) is 0.148. The average molecular weight is 641 g/mol. The van der Waals surface area contributed by atoms with Gasteiger partial charge in [-0.1, -0.05) is 0 Å². The Bertz CT molecular complexity index is 1540. The Hall–Kier alpha value is -1.95. The molecule has 0 atom stereocenters. The number of amides is 1. The number of phosphoric ester groups is 1. The van der Waals surface area contributed by atoms with Crippen LogP contribution in [0.15, 0.2) is 36.5 Å². The Labute approximate surface area is 292 Å². The fraction of sp³-hybridized carbons (Fsp3) is 0.333. The zero-order valence-electron chi connectivity index (χ0n) is 25.9. The number of phosphoric acid groups is 1. The van der Waals surface area contributed by atoms with Crippen LogP contribution in [0.25, 0.3) is 0 Å². The first-order chi connectivity index (χ1) is 19.4. The minimum atomic E-state index is -4.92. The first-order valence-corrected chi connectivity index (χ1v) is 13.8. The molecule has 0 saturated carbocycles. The summed E-state index contributed by atoms with van der Waals surface area (Å²) in [4.78, 5) is 46.2. The molecule has 4 heterocycles. The number of rotatable bonds is 8. The number of hydrogen-bond acceptors (Lipinski definition) is 11. The van der Waals surface area contributed by atoms with Crippen molar-refractivity contribution in [2.75, 3.05) is 53.5 Å². The third kappa shape index (κ3) is 8.61. The predicted octanol–water partition coefficient (Wildman–Crippen LogP) is -2.72. The molecule has 14 nitrogen and oxygen atoms in total. The van der Waals surface area contributed by atoms with Gasteiger partial charge in [0.05, 0.1) is 25.1 Å². The van der Waals surface area contributed by atoms with Crippen LogP contribution in [0.2, 0.25) is 0 Å². The Morgan fingerprint density at radius 3 is 2.49 bits per heavy atom. The van der Waals surface area contributed by atoms with Gasteiger partial charge in [-0.25, -0.2) is 23.3 Å². The number of anilines is 6. The van der Waals surface area contributed by atoms with E-state index in [9.17, 15) is 18.1 Å². The second-order valence-electron chi connectivity index (χ2n) is 9.52. The minimum absolute atomic E-state index is 0. The van der Waals surface area contributed by atoms with Crippen LogP contribution in [0.4, 0.5) is 43.6 Å². The molecular formula is C24H28F2N7Na2O7P. The summed E-state index contributed by atoms with van der Waals surface area (Å²) in [6.45, 7) is 4.31. The summed E-state index contributed by atoms with van der Waals surface area (Å²) in [5, 5.41) is 5.52. The number of ether oxygens (including phenoxy) is 2. The van der Waals surface area contributed by atoms with E-state index in [1.807, 2.05) is 4.90 Å². The Morgan fingerprint density at radius 1 is 1.09 bits per heavy atom. The molecule has 222 valence electrons. The standard InChI is InChI=1S/C24H26F2N7O7P.2Na.2H/c1-24(2)22(34)33(13-39-41(35,36)37)21-18(40-24)5-6-19(30-21)29-20-16(26)12-27-23(31-20)28-14-3-4-17(15(25)11-14)32-7-9-38-10-8-32;;;;/h3-6,11-12H,7-10,13H2,1-2H3,(H2,35,36,37)(H2,27,28,29,30,31);;;;/q;2*+1;2*-1. The number of nitrogens with zero attached hydrogens (tertiary/aromatic N) is 5. The number of carbonyl (C=O) groups is 1. The second-order valence-corrected chi connectivity index (χ2v) is 10.8. The molecule has 1 amide bonds. The van der Waals surface area contributed by atoms with Crippen molar-refractivity contribution in [1.29, 1.82) is 0 Å². The third-order valence-corrected chi connectivity index (χ3v) is 6.57. The van der Waals surface area contributed by atoms with Crippen molar-refractivity contribution in [2.45, 2.75) is 19.4 Å². The maximum atomic E-state index is 14.8. The summed E-state index contributed by atoms with van der Waals surface area (Å²) in [6.07, 6.45) is 0.907. The molecule has 3 aromatic rings. The van der Waals surface area contributed by atoms with E-state index in [1.54, 1.807) is 12.1 Å². The molecule has 19 heteroatoms. The molecule has 43 heavy (non-hydrogen) atoms. The summed E-state index contributed by atoms with van der Waals surface area (Å²) in [7, 11) is -4.92. The van der Waals surface area contributed by atoms with Crippen LogP contribution in [0.1, 0.15) is 16.7 Å². The van der Waals surface area contributed by atoms with Crippen molar-refractivity contribution in [3.05, 3.63) is 48.2 Å². The van der Waals surface area contributed by atoms with Gasteiger partial charge in [0, 0.05) is 18.8 Å². The van der Waals surface area contributed by atoms with E-state index < -0.39 is 37.7 Å². The van der Waals surface area contributed by atoms with Gasteiger partial charge in [0.25, 0.3) is 5.91 Å². The number of fused-ring (bicyclic) bond motifs is 1. The molecule has 0 unspecified atom stereocenters. The van der Waals surface area contributed by atoms with Crippen LogP contribution in [0, 0.1) is 11.6 Å². The zero-order valence-corrected chi connectivity index (χ0v) is 28.8. The molecule has 0 spiro atoms. The summed E-state index contributed by atoms with van der Waals surface area (Å²) in [5.41, 5.74) is -0.602. The largest absolute Gasteiger partial charge is 1.00 e. The van der Waals surface area contributed by atoms with Gasteiger partial charge in [0.1, 0.15) is 18.4 Å². The molecule has 2 aromatic heterocycles. The molecule has 2 aliphatic heterocycles. The van der Waals surface area contributed by atoms with Gasteiger partial charge >= 0.3 is 66.9 Å². The first-order valence-electron chi connectivity index (χ1n) is 12.3. The van der Waals surface area contributed by atoms with E-state index in [4.69, 9.17) is 19.3 Å². The van der Waals surface area contributed by atoms with Crippen molar-refractivity contribution in [1.82, 2.24) is 15.0 Å². The number of benzene rings is 1. The normalized spacial score (nSPS) is 15.9. The van der Waals surface area contributed by atoms with Gasteiger partial charge in [-0.15, -0.1) is 0 Å². The molecule has 1 saturated heterocycles. The monoisotopic (exact) mass is 641 g/mol. The van der Waals surface area contributed by atoms with Crippen LogP contribution in [0.3, 0.4) is 0 Å². The van der Waals surface area contributed by atoms with Crippen molar-refractivity contribution in [3.8, 4) is 5.75 Å². The summed E-state index contributed by atoms with van der Waals surface area (Å²) in [5.74, 6) is -2.26. The fourth-order valence-corrected chi connectivity index (χ4v) is 4.45. The molecule has 2 aliphatic rings. The van der Waals surface area contributed by atoms with Crippen molar-refractivity contribution < 1.29 is 104 Å². The Morgan fingerprint density at radius 2 is 1.81 bits per heavy atom. The first kappa shape index (κ1) is 35.5. The smallest absolute Gasteiger partial charge is 1.00 e. The van der Waals surface area contributed by atoms with Crippen molar-refractivity contribution in [3.63, 3.8) is 0 Å². The number of morpholine rings is 1. The van der Waals surface area contributed by atoms with Gasteiger partial charge in [0.2, 0.25) is 5.95 Å². The summed E-state index contributed by atoms with van der Waals surface area (Å²) >= 11 is 0. The SMILES string of the molecule is CC1(C)Oc2ccc(Nc3nc(Nc4ccc(N5CCOCC5)c(F)c4)ncc3F)nc2N(COP(=O)(O)O)C1=O.[H-].[H-].[Na+].[Na+]. The predicted molar refractivity (Wildman–Crippen MR) is 145 cm³/mol. The number of hydrogen-bond donors (Lipinski definition) is 4. The molecule has 1 fully saturated rings. The third-order valence-electron chi connectivity index (χ3n) is 6.12. The molecule has 0 bridgehead atoms. The molecular weight excluding hydrogens is 613 g/mol. The summed E-state index contributed by atoms with van der Waals surface area (Å²) in [6, 6.07) is 7.42. The minimum Gasteiger partial charge on any atom is -1.00 e. The van der Waals surface area contributed by atoms with E-state index in [0.29, 0.717) is 37.7 Å². The van der Waals surface area contributed by atoms with Gasteiger partial charge in [-0.2, -0.15) is 4.98 Å². The number of carbonyl (C=O) groups excluding carboxylic acids is 1. The topological polar surface area (TPSA) is 171 Å². The van der Waals surface area contributed by atoms with Crippen LogP contribution < -0.4 is 84.3 Å². The number of halogens is 2. The average Bonchev–Trinajstić information content (AvgIpc) is 2.91. The molecule has 0 radical (unpaired) electrons. The Kier molecular flexibility index (Phi) is 11.9. The van der Waals surface area contributed by atoms with Gasteiger partial charge < -0.3 is 37.6 Å². The maximum Gasteiger partial charge on any atom is 1.00 e. The summed E-state index contributed by atoms with van der Waals surface area (Å²) < 4.78 is 56.2. The zero-order chi connectivity index (χ0) is 29.4. The second kappa shape index (κ2) is 14.4. The number of aromatic nitrogens is 3. The van der Waals surface area contributed by atoms with E-state index >= 15 is 0 Å². The van der Waals surface area contributed by atoms with Crippen molar-refractivity contribution in [2.24, 2.45) is 0 Å². The van der Waals surface area contributed by atoms with Gasteiger partial charge in [-0.3, -0.25) is 14.2 Å². The van der Waals surface area contributed by atoms with E-state index in [1.165, 1.54) is 32.0 Å². The number of nitrogens with one attached hydrogen (secondary N) is 2. The Balaban J connectivity index is 0.00000253. The molecule has 5 rings (SSSR count). The molecule has 4 N–H and O–H groups in total. The molecule has 1 aromatic carbocycles. The number of pyridine rings is 1. The van der Waals surface area contributed by atoms with Crippen molar-refractivity contribution >= 4 is 48.5 Å². The van der Waals surface area contributed by atoms with Gasteiger partial charge in [-0.05, 0) is 44.2 Å². The van der Waals surface area contributed by atoms with Gasteiger partial charge in [0.15, 0.2) is 28.8 Å². The molecule has 0 aliphatic carbocycles. The van der Waals surface area contributed by atoms with E-state index in [2.05, 4.69) is 30.1 Å². The van der Waals surface area contributed by atoms with Crippen LogP contribution in [0.5, 0.6) is 5.75 Å². The van der Waals surface area contributed by atoms with Crippen LogP contribution in [-0.2, 0) is 18.6 Å². The van der Waals surface area contributed by atoms with Crippen LogP contribution in [-0.4, -0.2) is 69.3 Å². The fourth-order valence-electron chi connectivity index (χ4n) is 4.18. The van der Waals surface area contributed by atoms with Crippen LogP contribution >= 0.6 is 7.82 Å².